The van der Waals surface area contributed by atoms with Crippen LogP contribution in [0.3, 0.4) is 0 Å². The molecule has 0 bridgehead atoms. The Morgan fingerprint density at radius 1 is 1.14 bits per heavy atom. The number of rotatable bonds is 9. The van der Waals surface area contributed by atoms with Crippen molar-refractivity contribution in [1.29, 1.82) is 0 Å². The van der Waals surface area contributed by atoms with Crippen LogP contribution in [0.5, 0.6) is 0 Å². The Morgan fingerprint density at radius 2 is 1.90 bits per heavy atom. The molecule has 21 heavy (non-hydrogen) atoms. The Morgan fingerprint density at radius 3 is 2.57 bits per heavy atom. The summed E-state index contributed by atoms with van der Waals surface area (Å²) in [5.74, 6) is 0.0817. The van der Waals surface area contributed by atoms with Gasteiger partial charge in [0.2, 0.25) is 10.0 Å². The molecule has 0 unspecified atom stereocenters. The van der Waals surface area contributed by atoms with Gasteiger partial charge in [0, 0.05) is 19.6 Å². The summed E-state index contributed by atoms with van der Waals surface area (Å²) < 4.78 is 31.6. The van der Waals surface area contributed by atoms with Crippen LogP contribution in [0, 0.1) is 0 Å². The average molecular weight is 321 g/mol. The third-order valence-electron chi connectivity index (χ3n) is 3.66. The second-order valence-electron chi connectivity index (χ2n) is 5.83. The minimum Gasteiger partial charge on any atom is -0.378 e. The van der Waals surface area contributed by atoms with E-state index < -0.39 is 10.0 Å². The average Bonchev–Trinajstić information content (AvgIpc) is 2.64. The minimum atomic E-state index is -3.19. The number of nitrogens with zero attached hydrogens (tertiary/aromatic N) is 2. The fourth-order valence-corrected chi connectivity index (χ4v) is 3.78. The summed E-state index contributed by atoms with van der Waals surface area (Å²) in [6, 6.07) is 0. The molecule has 0 spiro atoms. The highest BCUT2D eigenvalue weighted by Gasteiger charge is 2.24. The summed E-state index contributed by atoms with van der Waals surface area (Å²) in [6.07, 6.45) is 3.09. The van der Waals surface area contributed by atoms with Gasteiger partial charge in [-0.2, -0.15) is 0 Å². The zero-order valence-electron chi connectivity index (χ0n) is 13.5. The molecule has 1 saturated heterocycles. The monoisotopic (exact) mass is 321 g/mol. The van der Waals surface area contributed by atoms with Gasteiger partial charge in [-0.05, 0) is 52.7 Å². The second-order valence-corrected chi connectivity index (χ2v) is 7.91. The lowest BCUT2D eigenvalue weighted by Gasteiger charge is -2.21. The molecule has 0 atom stereocenters. The number of nitrogens with two attached hydrogens (primary N) is 1. The van der Waals surface area contributed by atoms with Gasteiger partial charge in [-0.25, -0.2) is 12.7 Å². The lowest BCUT2D eigenvalue weighted by molar-refractivity contribution is 0.0907. The van der Waals surface area contributed by atoms with Crippen molar-refractivity contribution < 1.29 is 13.2 Å². The molecule has 0 aliphatic carbocycles. The van der Waals surface area contributed by atoms with Gasteiger partial charge in [-0.1, -0.05) is 0 Å². The smallest absolute Gasteiger partial charge is 0.216 e. The van der Waals surface area contributed by atoms with Crippen LogP contribution in [0.1, 0.15) is 33.1 Å². The first-order valence-corrected chi connectivity index (χ1v) is 9.58. The first-order valence-electron chi connectivity index (χ1n) is 7.97. The van der Waals surface area contributed by atoms with Gasteiger partial charge in [-0.3, -0.25) is 0 Å². The normalized spacial score (nSPS) is 19.0. The van der Waals surface area contributed by atoms with Crippen LogP contribution >= 0.6 is 0 Å². The van der Waals surface area contributed by atoms with Crippen molar-refractivity contribution in [2.45, 2.75) is 39.2 Å². The van der Waals surface area contributed by atoms with Crippen molar-refractivity contribution >= 4 is 10.0 Å². The molecule has 0 aromatic heterocycles. The van der Waals surface area contributed by atoms with E-state index in [4.69, 9.17) is 10.5 Å². The van der Waals surface area contributed by atoms with E-state index in [0.717, 1.165) is 45.4 Å². The SMILES string of the molecule is CC(C)OCCS(=O)(=O)N1CCCN(CCCCN)CC1. The molecule has 126 valence electrons. The van der Waals surface area contributed by atoms with Crippen LogP contribution < -0.4 is 5.73 Å². The topological polar surface area (TPSA) is 75.9 Å². The standard InChI is InChI=1S/C14H31N3O3S/c1-14(2)20-12-13-21(18,19)17-9-5-8-16(10-11-17)7-4-3-6-15/h14H,3-13,15H2,1-2H3. The van der Waals surface area contributed by atoms with Gasteiger partial charge in [-0.15, -0.1) is 0 Å². The van der Waals surface area contributed by atoms with Crippen molar-refractivity contribution in [3.05, 3.63) is 0 Å². The Balaban J connectivity index is 2.38. The molecular formula is C14H31N3O3S. The van der Waals surface area contributed by atoms with Crippen molar-refractivity contribution in [2.75, 3.05) is 51.6 Å². The summed E-state index contributed by atoms with van der Waals surface area (Å²) in [5.41, 5.74) is 5.50. The molecule has 2 N–H and O–H groups in total. The molecule has 0 aromatic carbocycles. The van der Waals surface area contributed by atoms with Gasteiger partial charge in [0.1, 0.15) is 0 Å². The van der Waals surface area contributed by atoms with Crippen molar-refractivity contribution in [2.24, 2.45) is 5.73 Å². The van der Waals surface area contributed by atoms with E-state index in [1.54, 1.807) is 4.31 Å². The molecule has 6 nitrogen and oxygen atoms in total. The Hall–Kier alpha value is -0.210. The van der Waals surface area contributed by atoms with Crippen LogP contribution in [0.2, 0.25) is 0 Å². The Kier molecular flexibility index (Phi) is 8.73. The van der Waals surface area contributed by atoms with E-state index in [1.165, 1.54) is 0 Å². The highest BCUT2D eigenvalue weighted by Crippen LogP contribution is 2.10. The predicted octanol–water partition coefficient (Wildman–Crippen LogP) is 0.488. The van der Waals surface area contributed by atoms with Crippen LogP contribution in [0.25, 0.3) is 0 Å². The molecular weight excluding hydrogens is 290 g/mol. The van der Waals surface area contributed by atoms with Gasteiger partial charge in [0.25, 0.3) is 0 Å². The predicted molar refractivity (Wildman–Crippen MR) is 85.8 cm³/mol. The number of ether oxygens (including phenoxy) is 1. The molecule has 7 heteroatoms. The van der Waals surface area contributed by atoms with Gasteiger partial charge in [0.15, 0.2) is 0 Å². The van der Waals surface area contributed by atoms with E-state index in [-0.39, 0.29) is 18.5 Å². The zero-order valence-corrected chi connectivity index (χ0v) is 14.3. The highest BCUT2D eigenvalue weighted by atomic mass is 32.2. The second kappa shape index (κ2) is 9.74. The van der Waals surface area contributed by atoms with Gasteiger partial charge >= 0.3 is 0 Å². The molecule has 0 radical (unpaired) electrons. The summed E-state index contributed by atoms with van der Waals surface area (Å²) in [6.45, 7) is 8.84. The number of sulfonamides is 1. The number of hydrogen-bond donors (Lipinski definition) is 1. The van der Waals surface area contributed by atoms with Crippen LogP contribution in [0.4, 0.5) is 0 Å². The van der Waals surface area contributed by atoms with Gasteiger partial charge in [0.05, 0.1) is 18.5 Å². The highest BCUT2D eigenvalue weighted by molar-refractivity contribution is 7.89. The molecule has 0 saturated carbocycles. The first-order chi connectivity index (χ1) is 9.95. The van der Waals surface area contributed by atoms with E-state index in [0.29, 0.717) is 13.1 Å². The molecule has 1 heterocycles. The van der Waals surface area contributed by atoms with Gasteiger partial charge < -0.3 is 15.4 Å². The summed E-state index contributed by atoms with van der Waals surface area (Å²) >= 11 is 0. The maximum atomic E-state index is 12.3. The third kappa shape index (κ3) is 7.56. The third-order valence-corrected chi connectivity index (χ3v) is 5.50. The minimum absolute atomic E-state index is 0.0716. The number of hydrogen-bond acceptors (Lipinski definition) is 5. The maximum absolute atomic E-state index is 12.3. The zero-order chi connectivity index (χ0) is 15.7. The Labute approximate surface area is 129 Å². The number of unbranched alkanes of at least 4 members (excludes halogenated alkanes) is 1. The molecule has 0 aromatic rings. The fourth-order valence-electron chi connectivity index (χ4n) is 2.45. The summed E-state index contributed by atoms with van der Waals surface area (Å²) in [4.78, 5) is 2.34. The van der Waals surface area contributed by atoms with E-state index in [9.17, 15) is 8.42 Å². The molecule has 1 fully saturated rings. The van der Waals surface area contributed by atoms with E-state index in [1.807, 2.05) is 13.8 Å². The van der Waals surface area contributed by atoms with Crippen molar-refractivity contribution in [3.63, 3.8) is 0 Å². The van der Waals surface area contributed by atoms with E-state index in [2.05, 4.69) is 4.90 Å². The van der Waals surface area contributed by atoms with Crippen LogP contribution in [0.15, 0.2) is 0 Å². The lowest BCUT2D eigenvalue weighted by Crippen LogP contribution is -2.37. The van der Waals surface area contributed by atoms with Crippen LogP contribution in [-0.2, 0) is 14.8 Å². The quantitative estimate of drug-likeness (QED) is 0.626. The van der Waals surface area contributed by atoms with Crippen molar-refractivity contribution in [1.82, 2.24) is 9.21 Å². The fraction of sp³-hybridized carbons (Fsp3) is 1.00. The maximum Gasteiger partial charge on any atom is 0.216 e. The van der Waals surface area contributed by atoms with Crippen molar-refractivity contribution in [3.8, 4) is 0 Å². The van der Waals surface area contributed by atoms with E-state index >= 15 is 0 Å². The molecule has 1 rings (SSSR count). The summed E-state index contributed by atoms with van der Waals surface area (Å²) in [7, 11) is -3.19. The molecule has 1 aliphatic heterocycles. The summed E-state index contributed by atoms with van der Waals surface area (Å²) in [5, 5.41) is 0. The molecule has 0 amide bonds. The largest absolute Gasteiger partial charge is 0.378 e. The molecule has 1 aliphatic rings. The Bertz CT molecular complexity index is 374. The first kappa shape index (κ1) is 18.8. The van der Waals surface area contributed by atoms with Crippen LogP contribution in [-0.4, -0.2) is 75.4 Å². The lowest BCUT2D eigenvalue weighted by atomic mass is 10.3.